The summed E-state index contributed by atoms with van der Waals surface area (Å²) in [5.41, 5.74) is 11.9. The number of aliphatic imine (C=N–C) groups is 1. The summed E-state index contributed by atoms with van der Waals surface area (Å²) in [6, 6.07) is 18.5. The molecule has 0 aliphatic heterocycles. The molecule has 0 saturated carbocycles. The van der Waals surface area contributed by atoms with Gasteiger partial charge in [-0.05, 0) is 67.4 Å². The van der Waals surface area contributed by atoms with Crippen molar-refractivity contribution in [3.05, 3.63) is 88.9 Å². The van der Waals surface area contributed by atoms with E-state index >= 15 is 0 Å². The molecule has 5 heteroatoms. The van der Waals surface area contributed by atoms with Crippen molar-refractivity contribution in [2.24, 2.45) is 10.7 Å². The van der Waals surface area contributed by atoms with E-state index in [0.29, 0.717) is 12.5 Å². The molecule has 0 unspecified atom stereocenters. The summed E-state index contributed by atoms with van der Waals surface area (Å²) >= 11 is 0. The number of hydrogen-bond acceptors (Lipinski definition) is 3. The van der Waals surface area contributed by atoms with E-state index in [4.69, 9.17) is 10.2 Å². The molecule has 0 bridgehead atoms. The van der Waals surface area contributed by atoms with Gasteiger partial charge in [0.2, 0.25) is 0 Å². The third-order valence-electron chi connectivity index (χ3n) is 4.48. The van der Waals surface area contributed by atoms with Crippen LogP contribution in [-0.4, -0.2) is 17.9 Å². The van der Waals surface area contributed by atoms with Gasteiger partial charge in [0.1, 0.15) is 5.76 Å². The number of hydrogen-bond donors (Lipinski definition) is 2. The fourth-order valence-electron chi connectivity index (χ4n) is 3.29. The third-order valence-corrected chi connectivity index (χ3v) is 4.48. The van der Waals surface area contributed by atoms with Gasteiger partial charge in [-0.15, -0.1) is 0 Å². The first-order valence-corrected chi connectivity index (χ1v) is 9.42. The zero-order valence-electron chi connectivity index (χ0n) is 16.8. The summed E-state index contributed by atoms with van der Waals surface area (Å²) in [7, 11) is 2.08. The van der Waals surface area contributed by atoms with E-state index in [1.165, 1.54) is 22.3 Å². The summed E-state index contributed by atoms with van der Waals surface area (Å²) in [5.74, 6) is 1.38. The maximum Gasteiger partial charge on any atom is 0.193 e. The Kier molecular flexibility index (Phi) is 6.50. The Morgan fingerprint density at radius 3 is 2.39 bits per heavy atom. The smallest absolute Gasteiger partial charge is 0.193 e. The van der Waals surface area contributed by atoms with Gasteiger partial charge in [-0.2, -0.15) is 0 Å². The first kappa shape index (κ1) is 19.7. The average molecular weight is 377 g/mol. The van der Waals surface area contributed by atoms with Gasteiger partial charge < -0.3 is 15.5 Å². The van der Waals surface area contributed by atoms with Crippen molar-refractivity contribution in [1.82, 2.24) is 4.90 Å². The molecule has 2 aromatic carbocycles. The standard InChI is InChI=1S/C23H28N4O/c1-17-11-18(2)13-21(12-17)26-23(24)25-14-19-7-4-5-8-20(19)15-27(3)16-22-9-6-10-28-22/h4-13H,14-16H2,1-3H3,(H3,24,25,26). The lowest BCUT2D eigenvalue weighted by Crippen LogP contribution is -2.23. The van der Waals surface area contributed by atoms with Crippen LogP contribution in [0.4, 0.5) is 5.69 Å². The van der Waals surface area contributed by atoms with Crippen molar-refractivity contribution in [2.45, 2.75) is 33.5 Å². The predicted molar refractivity (Wildman–Crippen MR) is 115 cm³/mol. The first-order valence-electron chi connectivity index (χ1n) is 9.42. The van der Waals surface area contributed by atoms with Crippen LogP contribution in [0.5, 0.6) is 0 Å². The average Bonchev–Trinajstić information content (AvgIpc) is 3.13. The molecule has 3 aromatic rings. The summed E-state index contributed by atoms with van der Waals surface area (Å²) in [6.45, 7) is 6.26. The number of aryl methyl sites for hydroxylation is 2. The Morgan fingerprint density at radius 2 is 1.71 bits per heavy atom. The lowest BCUT2D eigenvalue weighted by Gasteiger charge is -2.17. The van der Waals surface area contributed by atoms with Gasteiger partial charge in [0, 0.05) is 12.2 Å². The number of nitrogens with one attached hydrogen (secondary N) is 1. The Labute approximate surface area is 166 Å². The highest BCUT2D eigenvalue weighted by molar-refractivity contribution is 5.92. The molecular weight excluding hydrogens is 348 g/mol. The second-order valence-corrected chi connectivity index (χ2v) is 7.22. The molecule has 0 saturated heterocycles. The fourth-order valence-corrected chi connectivity index (χ4v) is 3.29. The van der Waals surface area contributed by atoms with Crippen LogP contribution in [0.1, 0.15) is 28.0 Å². The number of anilines is 1. The van der Waals surface area contributed by atoms with Crippen LogP contribution in [0.2, 0.25) is 0 Å². The minimum absolute atomic E-state index is 0.420. The lowest BCUT2D eigenvalue weighted by molar-refractivity contribution is 0.287. The van der Waals surface area contributed by atoms with Gasteiger partial charge in [-0.3, -0.25) is 4.90 Å². The Bertz CT molecular complexity index is 911. The number of furan rings is 1. The van der Waals surface area contributed by atoms with E-state index in [-0.39, 0.29) is 0 Å². The quantitative estimate of drug-likeness (QED) is 0.472. The molecule has 0 atom stereocenters. The third kappa shape index (κ3) is 5.72. The number of benzene rings is 2. The molecule has 3 N–H and O–H groups in total. The van der Waals surface area contributed by atoms with E-state index in [1.807, 2.05) is 18.2 Å². The second-order valence-electron chi connectivity index (χ2n) is 7.22. The molecule has 146 valence electrons. The van der Waals surface area contributed by atoms with Crippen molar-refractivity contribution in [3.8, 4) is 0 Å². The number of nitrogens with two attached hydrogens (primary N) is 1. The summed E-state index contributed by atoms with van der Waals surface area (Å²) in [6.07, 6.45) is 1.71. The number of rotatable bonds is 7. The molecule has 28 heavy (non-hydrogen) atoms. The Hall–Kier alpha value is -3.05. The summed E-state index contributed by atoms with van der Waals surface area (Å²) in [4.78, 5) is 6.76. The molecule has 5 nitrogen and oxygen atoms in total. The van der Waals surface area contributed by atoms with Crippen molar-refractivity contribution in [2.75, 3.05) is 12.4 Å². The van der Waals surface area contributed by atoms with Crippen molar-refractivity contribution >= 4 is 11.6 Å². The van der Waals surface area contributed by atoms with E-state index in [1.54, 1.807) is 6.26 Å². The zero-order valence-corrected chi connectivity index (χ0v) is 16.8. The molecule has 1 heterocycles. The monoisotopic (exact) mass is 376 g/mol. The van der Waals surface area contributed by atoms with Gasteiger partial charge in [-0.25, -0.2) is 4.99 Å². The van der Waals surface area contributed by atoms with Gasteiger partial charge >= 0.3 is 0 Å². The topological polar surface area (TPSA) is 66.8 Å². The normalized spacial score (nSPS) is 11.8. The summed E-state index contributed by atoms with van der Waals surface area (Å²) < 4.78 is 5.44. The van der Waals surface area contributed by atoms with Crippen LogP contribution in [0.15, 0.2) is 70.3 Å². The molecule has 0 fully saturated rings. The SMILES string of the molecule is Cc1cc(C)cc(NC(N)=NCc2ccccc2CN(C)Cc2ccco2)c1. The second kappa shape index (κ2) is 9.24. The van der Waals surface area contributed by atoms with Crippen LogP contribution < -0.4 is 11.1 Å². The first-order chi connectivity index (χ1) is 13.5. The van der Waals surface area contributed by atoms with E-state index < -0.39 is 0 Å². The van der Waals surface area contributed by atoms with Gasteiger partial charge in [0.15, 0.2) is 5.96 Å². The molecule has 3 rings (SSSR count). The van der Waals surface area contributed by atoms with Crippen molar-refractivity contribution in [3.63, 3.8) is 0 Å². The van der Waals surface area contributed by atoms with Crippen molar-refractivity contribution < 1.29 is 4.42 Å². The summed E-state index contributed by atoms with van der Waals surface area (Å²) in [5, 5.41) is 3.19. The number of guanidine groups is 1. The highest BCUT2D eigenvalue weighted by atomic mass is 16.3. The van der Waals surface area contributed by atoms with Gasteiger partial charge in [0.05, 0.1) is 19.4 Å². The van der Waals surface area contributed by atoms with Crippen LogP contribution >= 0.6 is 0 Å². The van der Waals surface area contributed by atoms with E-state index in [9.17, 15) is 0 Å². The Morgan fingerprint density at radius 1 is 1.00 bits per heavy atom. The van der Waals surface area contributed by atoms with Crippen LogP contribution in [0, 0.1) is 13.8 Å². The van der Waals surface area contributed by atoms with Crippen LogP contribution in [0.25, 0.3) is 0 Å². The largest absolute Gasteiger partial charge is 0.468 e. The van der Waals surface area contributed by atoms with Gasteiger partial charge in [-0.1, -0.05) is 30.3 Å². The van der Waals surface area contributed by atoms with Crippen LogP contribution in [-0.2, 0) is 19.6 Å². The highest BCUT2D eigenvalue weighted by Crippen LogP contribution is 2.16. The Balaban J connectivity index is 1.64. The van der Waals surface area contributed by atoms with E-state index in [0.717, 1.165) is 24.5 Å². The maximum absolute atomic E-state index is 6.11. The molecule has 0 amide bonds. The van der Waals surface area contributed by atoms with Crippen molar-refractivity contribution in [1.29, 1.82) is 0 Å². The predicted octanol–water partition coefficient (Wildman–Crippen LogP) is 4.46. The minimum Gasteiger partial charge on any atom is -0.468 e. The molecule has 0 aliphatic rings. The zero-order chi connectivity index (χ0) is 19.9. The van der Waals surface area contributed by atoms with Gasteiger partial charge in [0.25, 0.3) is 0 Å². The highest BCUT2D eigenvalue weighted by Gasteiger charge is 2.07. The fraction of sp³-hybridized carbons (Fsp3) is 0.261. The van der Waals surface area contributed by atoms with Crippen LogP contribution in [0.3, 0.4) is 0 Å². The number of nitrogens with zero attached hydrogens (tertiary/aromatic N) is 2. The molecule has 0 radical (unpaired) electrons. The molecular formula is C23H28N4O. The molecule has 0 aliphatic carbocycles. The maximum atomic E-state index is 6.11. The minimum atomic E-state index is 0.420. The lowest BCUT2D eigenvalue weighted by atomic mass is 10.1. The van der Waals surface area contributed by atoms with E-state index in [2.05, 4.69) is 72.5 Å². The molecule has 1 aromatic heterocycles. The molecule has 0 spiro atoms.